The molecular weight excluding hydrogens is 322 g/mol. The molecule has 0 bridgehead atoms. The second-order valence-corrected chi connectivity index (χ2v) is 5.74. The first-order valence-electron chi connectivity index (χ1n) is 7.00. The summed E-state index contributed by atoms with van der Waals surface area (Å²) in [5.41, 5.74) is 0.561. The summed E-state index contributed by atoms with van der Waals surface area (Å²) >= 11 is 3.36. The number of anilines is 1. The molecule has 1 aromatic heterocycles. The van der Waals surface area contributed by atoms with E-state index >= 15 is 0 Å². The largest absolute Gasteiger partial charge is 0.376 e. The number of ether oxygens (including phenoxy) is 1. The first-order valence-corrected chi connectivity index (χ1v) is 7.79. The highest BCUT2D eigenvalue weighted by Gasteiger charge is 2.18. The van der Waals surface area contributed by atoms with Gasteiger partial charge in [0.25, 0.3) is 5.91 Å². The van der Waals surface area contributed by atoms with Crippen molar-refractivity contribution in [2.75, 3.05) is 25.0 Å². The van der Waals surface area contributed by atoms with Gasteiger partial charge < -0.3 is 15.4 Å². The predicted molar refractivity (Wildman–Crippen MR) is 82.0 cm³/mol. The zero-order valence-corrected chi connectivity index (χ0v) is 13.2. The number of hydrogen-bond donors (Lipinski definition) is 2. The molecule has 2 N–H and O–H groups in total. The molecule has 1 aliphatic rings. The van der Waals surface area contributed by atoms with Gasteiger partial charge in [0.15, 0.2) is 0 Å². The normalized spacial score (nSPS) is 18.0. The minimum absolute atomic E-state index is 0.118. The van der Waals surface area contributed by atoms with Gasteiger partial charge in [-0.15, -0.1) is 0 Å². The van der Waals surface area contributed by atoms with Gasteiger partial charge in [-0.3, -0.25) is 4.79 Å². The van der Waals surface area contributed by atoms with Crippen molar-refractivity contribution in [2.45, 2.75) is 32.3 Å². The lowest BCUT2D eigenvalue weighted by Crippen LogP contribution is -2.32. The lowest BCUT2D eigenvalue weighted by molar-refractivity contribution is 0.0858. The van der Waals surface area contributed by atoms with Crippen LogP contribution in [0.4, 0.5) is 5.82 Å². The number of halogens is 1. The number of carbonyl (C=O) groups excluding carboxylic acids is 1. The standard InChI is InChI=1S/C14H20BrN3O2/c1-2-5-16-13-12(7-10(15)8-17-13)14(19)18-9-11-4-3-6-20-11/h7-8,11H,2-6,9H2,1H3,(H,16,17)(H,18,19). The number of hydrogen-bond acceptors (Lipinski definition) is 4. The summed E-state index contributed by atoms with van der Waals surface area (Å²) in [4.78, 5) is 16.5. The number of pyridine rings is 1. The summed E-state index contributed by atoms with van der Waals surface area (Å²) < 4.78 is 6.30. The molecule has 110 valence electrons. The summed E-state index contributed by atoms with van der Waals surface area (Å²) in [6.45, 7) is 4.21. The maximum Gasteiger partial charge on any atom is 0.255 e. The molecule has 1 amide bonds. The minimum atomic E-state index is -0.118. The molecule has 6 heteroatoms. The Morgan fingerprint density at radius 2 is 2.45 bits per heavy atom. The summed E-state index contributed by atoms with van der Waals surface area (Å²) in [6.07, 6.45) is 4.90. The molecular formula is C14H20BrN3O2. The molecule has 1 fully saturated rings. The fraction of sp³-hybridized carbons (Fsp3) is 0.571. The number of nitrogens with one attached hydrogen (secondary N) is 2. The van der Waals surface area contributed by atoms with E-state index in [1.54, 1.807) is 12.3 Å². The Bertz CT molecular complexity index is 462. The third-order valence-corrected chi connectivity index (χ3v) is 3.59. The summed E-state index contributed by atoms with van der Waals surface area (Å²) in [7, 11) is 0. The van der Waals surface area contributed by atoms with Gasteiger partial charge in [-0.05, 0) is 41.3 Å². The van der Waals surface area contributed by atoms with Gasteiger partial charge in [-0.25, -0.2) is 4.98 Å². The van der Waals surface area contributed by atoms with Crippen LogP contribution >= 0.6 is 15.9 Å². The van der Waals surface area contributed by atoms with Crippen LogP contribution in [-0.2, 0) is 4.74 Å². The Labute approximate surface area is 127 Å². The average molecular weight is 342 g/mol. The number of nitrogens with zero attached hydrogens (tertiary/aromatic N) is 1. The Morgan fingerprint density at radius 3 is 3.15 bits per heavy atom. The number of rotatable bonds is 6. The Kier molecular flexibility index (Phi) is 5.79. The van der Waals surface area contributed by atoms with Crippen molar-refractivity contribution in [3.8, 4) is 0 Å². The minimum Gasteiger partial charge on any atom is -0.376 e. The van der Waals surface area contributed by atoms with Crippen molar-refractivity contribution in [1.29, 1.82) is 0 Å². The van der Waals surface area contributed by atoms with Gasteiger partial charge in [0.2, 0.25) is 0 Å². The SMILES string of the molecule is CCCNc1ncc(Br)cc1C(=O)NCC1CCCO1. The van der Waals surface area contributed by atoms with Gasteiger partial charge in [-0.1, -0.05) is 6.92 Å². The fourth-order valence-electron chi connectivity index (χ4n) is 2.10. The quantitative estimate of drug-likeness (QED) is 0.834. The monoisotopic (exact) mass is 341 g/mol. The topological polar surface area (TPSA) is 63.2 Å². The van der Waals surface area contributed by atoms with E-state index in [0.29, 0.717) is 17.9 Å². The van der Waals surface area contributed by atoms with E-state index in [2.05, 4.69) is 38.5 Å². The Balaban J connectivity index is 2.00. The summed E-state index contributed by atoms with van der Waals surface area (Å²) in [5.74, 6) is 0.507. The second kappa shape index (κ2) is 7.59. The highest BCUT2D eigenvalue weighted by atomic mass is 79.9. The maximum atomic E-state index is 12.3. The molecule has 1 unspecified atom stereocenters. The molecule has 1 saturated heterocycles. The second-order valence-electron chi connectivity index (χ2n) is 4.82. The lowest BCUT2D eigenvalue weighted by Gasteiger charge is -2.13. The molecule has 0 aromatic carbocycles. The number of amides is 1. The molecule has 2 rings (SSSR count). The summed E-state index contributed by atoms with van der Waals surface area (Å²) in [6, 6.07) is 1.79. The van der Waals surface area contributed by atoms with E-state index < -0.39 is 0 Å². The van der Waals surface area contributed by atoms with Gasteiger partial charge in [-0.2, -0.15) is 0 Å². The molecule has 2 heterocycles. The van der Waals surface area contributed by atoms with Crippen LogP contribution in [0.3, 0.4) is 0 Å². The molecule has 0 spiro atoms. The Hall–Kier alpha value is -1.14. The van der Waals surface area contributed by atoms with E-state index in [-0.39, 0.29) is 12.0 Å². The highest BCUT2D eigenvalue weighted by Crippen LogP contribution is 2.18. The van der Waals surface area contributed by atoms with Gasteiger partial charge in [0, 0.05) is 30.4 Å². The first kappa shape index (κ1) is 15.3. The van der Waals surface area contributed by atoms with E-state index in [1.807, 2.05) is 0 Å². The smallest absolute Gasteiger partial charge is 0.255 e. The summed E-state index contributed by atoms with van der Waals surface area (Å²) in [5, 5.41) is 6.10. The van der Waals surface area contributed by atoms with Crippen molar-refractivity contribution >= 4 is 27.7 Å². The maximum absolute atomic E-state index is 12.3. The van der Waals surface area contributed by atoms with Crippen LogP contribution in [0.1, 0.15) is 36.5 Å². The molecule has 0 radical (unpaired) electrons. The molecule has 0 aliphatic carbocycles. The van der Waals surface area contributed by atoms with Crippen LogP contribution in [0.2, 0.25) is 0 Å². The molecule has 0 saturated carbocycles. The molecule has 1 aliphatic heterocycles. The van der Waals surface area contributed by atoms with Crippen molar-refractivity contribution < 1.29 is 9.53 Å². The van der Waals surface area contributed by atoms with E-state index in [9.17, 15) is 4.79 Å². The zero-order chi connectivity index (χ0) is 14.4. The predicted octanol–water partition coefficient (Wildman–Crippen LogP) is 2.57. The van der Waals surface area contributed by atoms with E-state index in [4.69, 9.17) is 4.74 Å². The molecule has 1 aromatic rings. The van der Waals surface area contributed by atoms with Gasteiger partial charge >= 0.3 is 0 Å². The van der Waals surface area contributed by atoms with Crippen LogP contribution in [0.25, 0.3) is 0 Å². The van der Waals surface area contributed by atoms with E-state index in [0.717, 1.165) is 36.9 Å². The third-order valence-electron chi connectivity index (χ3n) is 3.16. The Morgan fingerprint density at radius 1 is 1.60 bits per heavy atom. The van der Waals surface area contributed by atoms with Crippen LogP contribution in [0, 0.1) is 0 Å². The van der Waals surface area contributed by atoms with E-state index in [1.165, 1.54) is 0 Å². The van der Waals surface area contributed by atoms with Crippen LogP contribution in [0.15, 0.2) is 16.7 Å². The van der Waals surface area contributed by atoms with Gasteiger partial charge in [0.05, 0.1) is 11.7 Å². The van der Waals surface area contributed by atoms with Crippen molar-refractivity contribution in [3.63, 3.8) is 0 Å². The van der Waals surface area contributed by atoms with Crippen LogP contribution < -0.4 is 10.6 Å². The molecule has 20 heavy (non-hydrogen) atoms. The zero-order valence-electron chi connectivity index (χ0n) is 11.6. The van der Waals surface area contributed by atoms with Crippen molar-refractivity contribution in [1.82, 2.24) is 10.3 Å². The average Bonchev–Trinajstić information content (AvgIpc) is 2.96. The van der Waals surface area contributed by atoms with Crippen molar-refractivity contribution in [2.24, 2.45) is 0 Å². The highest BCUT2D eigenvalue weighted by molar-refractivity contribution is 9.10. The van der Waals surface area contributed by atoms with Crippen molar-refractivity contribution in [3.05, 3.63) is 22.3 Å². The fourth-order valence-corrected chi connectivity index (χ4v) is 2.44. The first-order chi connectivity index (χ1) is 9.70. The third kappa shape index (κ3) is 4.18. The van der Waals surface area contributed by atoms with Crippen LogP contribution in [-0.4, -0.2) is 36.7 Å². The lowest BCUT2D eigenvalue weighted by atomic mass is 10.2. The van der Waals surface area contributed by atoms with Gasteiger partial charge in [0.1, 0.15) is 5.82 Å². The molecule has 1 atom stereocenters. The van der Waals surface area contributed by atoms with Crippen LogP contribution in [0.5, 0.6) is 0 Å². The number of carbonyl (C=O) groups is 1. The number of aromatic nitrogens is 1. The molecule has 5 nitrogen and oxygen atoms in total.